The molecule has 10 nitrogen and oxygen atoms in total. The minimum Gasteiger partial charge on any atom is -0.480 e. The Morgan fingerprint density at radius 3 is 2.29 bits per heavy atom. The van der Waals surface area contributed by atoms with Crippen molar-refractivity contribution in [3.8, 4) is 0 Å². The van der Waals surface area contributed by atoms with Crippen LogP contribution in [0.5, 0.6) is 0 Å². The van der Waals surface area contributed by atoms with Gasteiger partial charge in [-0.05, 0) is 32.1 Å². The van der Waals surface area contributed by atoms with E-state index in [4.69, 9.17) is 24.8 Å². The van der Waals surface area contributed by atoms with Gasteiger partial charge in [0.05, 0.1) is 13.2 Å². The lowest BCUT2D eigenvalue weighted by Gasteiger charge is -2.28. The molecule has 0 fully saturated rings. The van der Waals surface area contributed by atoms with E-state index in [-0.39, 0.29) is 19.2 Å². The minimum atomic E-state index is -4.60. The number of aliphatic carboxylic acids is 1. The van der Waals surface area contributed by atoms with E-state index >= 15 is 0 Å². The standard InChI is InChI=1S/C27H48NO9P/c1-2-3-4-5-6-7-8-9-10-11-12-13-14-15-16-19-26(29)35-22-25-24(18-17-20-34-25)37-38(32,33)36-21-23(28)27(30)31/h9-10,17-18,23-25H,2-8,11-16,19-22,28H2,1H3,(H,30,31)(H,32,33)/b10-9-/t23-,24?,25+/m0/s1. The molecule has 0 bridgehead atoms. The zero-order chi connectivity index (χ0) is 28.1. The monoisotopic (exact) mass is 561 g/mol. The van der Waals surface area contributed by atoms with Crippen molar-refractivity contribution in [3.05, 3.63) is 24.3 Å². The Balaban J connectivity index is 2.12. The van der Waals surface area contributed by atoms with E-state index in [0.717, 1.165) is 38.5 Å². The zero-order valence-electron chi connectivity index (χ0n) is 22.8. The first-order valence-corrected chi connectivity index (χ1v) is 15.5. The maximum absolute atomic E-state index is 12.1. The number of esters is 1. The third-order valence-electron chi connectivity index (χ3n) is 6.14. The van der Waals surface area contributed by atoms with Crippen molar-refractivity contribution in [2.24, 2.45) is 5.73 Å². The molecule has 220 valence electrons. The number of hydrogen-bond donors (Lipinski definition) is 3. The first-order chi connectivity index (χ1) is 18.2. The summed E-state index contributed by atoms with van der Waals surface area (Å²) in [4.78, 5) is 32.7. The number of hydrogen-bond acceptors (Lipinski definition) is 8. The number of carboxylic acids is 1. The fourth-order valence-electron chi connectivity index (χ4n) is 3.85. The molecule has 0 aliphatic carbocycles. The van der Waals surface area contributed by atoms with Crippen LogP contribution in [0, 0.1) is 0 Å². The molecule has 0 saturated heterocycles. The summed E-state index contributed by atoms with van der Waals surface area (Å²) in [5, 5.41) is 8.75. The second kappa shape index (κ2) is 21.3. The van der Waals surface area contributed by atoms with E-state index in [9.17, 15) is 19.0 Å². The van der Waals surface area contributed by atoms with Gasteiger partial charge >= 0.3 is 19.8 Å². The molecule has 1 rings (SSSR count). The van der Waals surface area contributed by atoms with Crippen molar-refractivity contribution in [2.75, 3.05) is 19.8 Å². The van der Waals surface area contributed by atoms with E-state index in [1.54, 1.807) is 6.08 Å². The highest BCUT2D eigenvalue weighted by Gasteiger charge is 2.34. The summed E-state index contributed by atoms with van der Waals surface area (Å²) in [6, 6.07) is -1.47. The van der Waals surface area contributed by atoms with Crippen LogP contribution in [0.4, 0.5) is 0 Å². The highest BCUT2D eigenvalue weighted by atomic mass is 31.2. The van der Waals surface area contributed by atoms with Crippen molar-refractivity contribution in [3.63, 3.8) is 0 Å². The van der Waals surface area contributed by atoms with E-state index in [2.05, 4.69) is 23.6 Å². The number of carboxylic acid groups (broad SMARTS) is 1. The fourth-order valence-corrected chi connectivity index (χ4v) is 4.77. The average Bonchev–Trinajstić information content (AvgIpc) is 2.88. The summed E-state index contributed by atoms with van der Waals surface area (Å²) < 4.78 is 32.6. The molecule has 0 radical (unpaired) electrons. The lowest BCUT2D eigenvalue weighted by Crippen LogP contribution is -2.38. The Kier molecular flexibility index (Phi) is 19.3. The Morgan fingerprint density at radius 1 is 1.05 bits per heavy atom. The zero-order valence-corrected chi connectivity index (χ0v) is 23.7. The number of phosphoric acid groups is 1. The van der Waals surface area contributed by atoms with Crippen LogP contribution < -0.4 is 5.73 Å². The first-order valence-electron chi connectivity index (χ1n) is 14.0. The van der Waals surface area contributed by atoms with Crippen molar-refractivity contribution < 1.29 is 42.7 Å². The van der Waals surface area contributed by atoms with Crippen molar-refractivity contribution in [1.29, 1.82) is 0 Å². The van der Waals surface area contributed by atoms with Gasteiger partial charge in [-0.2, -0.15) is 0 Å². The normalized spacial score (nSPS) is 19.9. The van der Waals surface area contributed by atoms with Gasteiger partial charge in [-0.15, -0.1) is 0 Å². The molecule has 0 aromatic heterocycles. The Morgan fingerprint density at radius 2 is 1.66 bits per heavy atom. The van der Waals surface area contributed by atoms with Gasteiger partial charge in [0.15, 0.2) is 0 Å². The number of carbonyl (C=O) groups excluding carboxylic acids is 1. The molecular weight excluding hydrogens is 513 g/mol. The highest BCUT2D eigenvalue weighted by molar-refractivity contribution is 7.47. The second-order valence-corrected chi connectivity index (χ2v) is 11.0. The molecule has 4 atom stereocenters. The molecule has 11 heteroatoms. The highest BCUT2D eigenvalue weighted by Crippen LogP contribution is 2.45. The molecule has 0 aromatic rings. The molecule has 38 heavy (non-hydrogen) atoms. The van der Waals surface area contributed by atoms with Gasteiger partial charge in [0, 0.05) is 6.42 Å². The van der Waals surface area contributed by atoms with Crippen LogP contribution in [0.15, 0.2) is 24.3 Å². The third-order valence-corrected chi connectivity index (χ3v) is 7.12. The van der Waals surface area contributed by atoms with Crippen molar-refractivity contribution >= 4 is 19.8 Å². The van der Waals surface area contributed by atoms with Crippen LogP contribution in [-0.2, 0) is 32.7 Å². The second-order valence-electron chi connectivity index (χ2n) is 9.60. The summed E-state index contributed by atoms with van der Waals surface area (Å²) in [7, 11) is -4.60. The predicted molar refractivity (Wildman–Crippen MR) is 146 cm³/mol. The molecule has 4 N–H and O–H groups in total. The summed E-state index contributed by atoms with van der Waals surface area (Å²) >= 11 is 0. The molecule has 2 unspecified atom stereocenters. The van der Waals surface area contributed by atoms with Gasteiger partial charge in [-0.1, -0.05) is 82.6 Å². The molecular formula is C27H48NO9P. The summed E-state index contributed by atoms with van der Waals surface area (Å²) in [6.07, 6.45) is 21.5. The Labute approximate surface area is 227 Å². The van der Waals surface area contributed by atoms with Crippen LogP contribution in [-0.4, -0.2) is 60.0 Å². The van der Waals surface area contributed by atoms with Crippen molar-refractivity contribution in [2.45, 2.75) is 115 Å². The lowest BCUT2D eigenvalue weighted by atomic mass is 10.1. The van der Waals surface area contributed by atoms with Gasteiger partial charge in [0.1, 0.15) is 24.9 Å². The third kappa shape index (κ3) is 17.9. The lowest BCUT2D eigenvalue weighted by molar-refractivity contribution is -0.150. The van der Waals surface area contributed by atoms with Crippen LogP contribution in [0.25, 0.3) is 0 Å². The number of phosphoric ester groups is 1. The summed E-state index contributed by atoms with van der Waals surface area (Å²) in [6.45, 7) is 1.63. The summed E-state index contributed by atoms with van der Waals surface area (Å²) in [5.41, 5.74) is 5.27. The number of nitrogens with two attached hydrogens (primary N) is 1. The van der Waals surface area contributed by atoms with Crippen LogP contribution >= 0.6 is 7.82 Å². The Bertz CT molecular complexity index is 759. The molecule has 0 spiro atoms. The number of allylic oxidation sites excluding steroid dienone is 2. The average molecular weight is 562 g/mol. The molecule has 1 aliphatic rings. The van der Waals surface area contributed by atoms with Gasteiger partial charge < -0.3 is 25.2 Å². The fraction of sp³-hybridized carbons (Fsp3) is 0.778. The summed E-state index contributed by atoms with van der Waals surface area (Å²) in [5.74, 6) is -1.74. The van der Waals surface area contributed by atoms with E-state index in [1.165, 1.54) is 51.0 Å². The van der Waals surface area contributed by atoms with Gasteiger partial charge in [-0.3, -0.25) is 18.6 Å². The van der Waals surface area contributed by atoms with E-state index < -0.39 is 38.6 Å². The smallest absolute Gasteiger partial charge is 0.472 e. The quantitative estimate of drug-likeness (QED) is 0.0636. The maximum Gasteiger partial charge on any atom is 0.472 e. The van der Waals surface area contributed by atoms with Gasteiger partial charge in [0.25, 0.3) is 0 Å². The van der Waals surface area contributed by atoms with Gasteiger partial charge in [0.2, 0.25) is 0 Å². The molecule has 0 amide bonds. The largest absolute Gasteiger partial charge is 0.480 e. The molecule has 0 saturated carbocycles. The molecule has 1 heterocycles. The van der Waals surface area contributed by atoms with E-state index in [1.807, 2.05) is 0 Å². The molecule has 1 aliphatic heterocycles. The number of unbranched alkanes of at least 4 members (excludes halogenated alkanes) is 11. The topological polar surface area (TPSA) is 155 Å². The van der Waals surface area contributed by atoms with Crippen LogP contribution in [0.3, 0.4) is 0 Å². The number of ether oxygens (including phenoxy) is 2. The predicted octanol–water partition coefficient (Wildman–Crippen LogP) is 5.44. The first kappa shape index (κ1) is 34.5. The van der Waals surface area contributed by atoms with Crippen molar-refractivity contribution in [1.82, 2.24) is 0 Å². The number of carbonyl (C=O) groups is 2. The maximum atomic E-state index is 12.1. The van der Waals surface area contributed by atoms with Gasteiger partial charge in [-0.25, -0.2) is 4.57 Å². The molecule has 0 aromatic carbocycles. The van der Waals surface area contributed by atoms with Crippen LogP contribution in [0.1, 0.15) is 96.8 Å². The number of rotatable bonds is 23. The SMILES string of the molecule is CCCCCCCC/C=C\CCCCCCCC(=O)OC[C@H]1OCC=CC1OP(=O)(O)OC[C@H](N)C(=O)O. The Hall–Kier alpha value is -1.55. The van der Waals surface area contributed by atoms with Crippen LogP contribution in [0.2, 0.25) is 0 Å². The van der Waals surface area contributed by atoms with E-state index in [0.29, 0.717) is 6.42 Å². The minimum absolute atomic E-state index is 0.145.